The third-order valence-corrected chi connectivity index (χ3v) is 3.82. The van der Waals surface area contributed by atoms with Gasteiger partial charge in [0.15, 0.2) is 0 Å². The molecule has 1 saturated carbocycles. The van der Waals surface area contributed by atoms with Crippen molar-refractivity contribution in [3.63, 3.8) is 0 Å². The van der Waals surface area contributed by atoms with E-state index in [0.717, 1.165) is 17.4 Å². The molecule has 1 aliphatic carbocycles. The summed E-state index contributed by atoms with van der Waals surface area (Å²) in [6.07, 6.45) is 0.777. The van der Waals surface area contributed by atoms with E-state index in [9.17, 15) is 4.79 Å². The molecule has 2 unspecified atom stereocenters. The lowest BCUT2D eigenvalue weighted by molar-refractivity contribution is -0.108. The summed E-state index contributed by atoms with van der Waals surface area (Å²) in [5.74, 6) is -0.565. The molecular formula is C12H9Cl2NO. The normalized spacial score (nSPS) is 25.9. The van der Waals surface area contributed by atoms with E-state index in [1.165, 1.54) is 0 Å². The lowest BCUT2D eigenvalue weighted by Crippen LogP contribution is -1.92. The fourth-order valence-electron chi connectivity index (χ4n) is 2.01. The zero-order valence-electron chi connectivity index (χ0n) is 8.58. The van der Waals surface area contributed by atoms with E-state index >= 15 is 0 Å². The topological polar surface area (TPSA) is 40.9 Å². The predicted octanol–water partition coefficient (Wildman–Crippen LogP) is 2.95. The van der Waals surface area contributed by atoms with Gasteiger partial charge in [0.2, 0.25) is 0 Å². The van der Waals surface area contributed by atoms with Gasteiger partial charge in [-0.25, -0.2) is 0 Å². The second-order valence-electron chi connectivity index (χ2n) is 4.06. The van der Waals surface area contributed by atoms with Crippen LogP contribution in [-0.2, 0) is 4.79 Å². The molecule has 4 heteroatoms. The number of benzene rings is 1. The monoisotopic (exact) mass is 253 g/mol. The predicted molar refractivity (Wildman–Crippen MR) is 62.6 cm³/mol. The smallest absolute Gasteiger partial charge is 0.136 e. The number of aldehydes is 1. The summed E-state index contributed by atoms with van der Waals surface area (Å²) in [5, 5.41) is 8.86. The highest BCUT2D eigenvalue weighted by Crippen LogP contribution is 2.63. The Morgan fingerprint density at radius 2 is 2.12 bits per heavy atom. The van der Waals surface area contributed by atoms with Gasteiger partial charge < -0.3 is 4.79 Å². The molecule has 0 amide bonds. The lowest BCUT2D eigenvalue weighted by atomic mass is 10.0. The highest BCUT2D eigenvalue weighted by atomic mass is 35.5. The number of carbonyl (C=O) groups is 1. The van der Waals surface area contributed by atoms with Gasteiger partial charge in [0.1, 0.15) is 10.6 Å². The van der Waals surface area contributed by atoms with Crippen molar-refractivity contribution in [2.24, 2.45) is 5.92 Å². The Morgan fingerprint density at radius 3 is 2.62 bits per heavy atom. The summed E-state index contributed by atoms with van der Waals surface area (Å²) < 4.78 is -1.01. The first kappa shape index (κ1) is 11.4. The van der Waals surface area contributed by atoms with E-state index in [1.54, 1.807) is 12.1 Å². The number of rotatable bonds is 2. The van der Waals surface area contributed by atoms with Gasteiger partial charge >= 0.3 is 0 Å². The van der Waals surface area contributed by atoms with Gasteiger partial charge in [0, 0.05) is 5.92 Å². The summed E-state index contributed by atoms with van der Waals surface area (Å²) in [6, 6.07) is 7.51. The van der Waals surface area contributed by atoms with E-state index in [-0.39, 0.29) is 11.8 Å². The van der Waals surface area contributed by atoms with Crippen LogP contribution in [0.15, 0.2) is 18.2 Å². The van der Waals surface area contributed by atoms with E-state index in [0.29, 0.717) is 5.56 Å². The molecule has 2 rings (SSSR count). The van der Waals surface area contributed by atoms with Crippen LogP contribution in [0.4, 0.5) is 0 Å². The summed E-state index contributed by atoms with van der Waals surface area (Å²) in [7, 11) is 0. The van der Waals surface area contributed by atoms with E-state index < -0.39 is 4.33 Å². The molecular weight excluding hydrogens is 245 g/mol. The molecule has 0 aliphatic heterocycles. The molecule has 0 saturated heterocycles. The van der Waals surface area contributed by atoms with Crippen molar-refractivity contribution in [1.82, 2.24) is 0 Å². The largest absolute Gasteiger partial charge is 0.303 e. The van der Waals surface area contributed by atoms with Gasteiger partial charge in [-0.2, -0.15) is 5.26 Å². The number of nitriles is 1. The number of nitrogens with zero attached hydrogens (tertiary/aromatic N) is 1. The van der Waals surface area contributed by atoms with E-state index in [2.05, 4.69) is 6.07 Å². The van der Waals surface area contributed by atoms with Crippen molar-refractivity contribution < 1.29 is 4.79 Å². The van der Waals surface area contributed by atoms with Gasteiger partial charge in [-0.05, 0) is 30.2 Å². The lowest BCUT2D eigenvalue weighted by Gasteiger charge is -2.03. The Kier molecular flexibility index (Phi) is 2.69. The van der Waals surface area contributed by atoms with E-state index in [4.69, 9.17) is 28.5 Å². The van der Waals surface area contributed by atoms with Gasteiger partial charge in [-0.15, -0.1) is 23.2 Å². The fraction of sp³-hybridized carbons (Fsp3) is 0.333. The van der Waals surface area contributed by atoms with E-state index in [1.807, 2.05) is 13.0 Å². The number of alkyl halides is 2. The van der Waals surface area contributed by atoms with Gasteiger partial charge in [0.25, 0.3) is 0 Å². The minimum Gasteiger partial charge on any atom is -0.303 e. The molecule has 1 fully saturated rings. The SMILES string of the molecule is Cc1cc(C#N)cc(C2C(C=O)C2(Cl)Cl)c1. The second-order valence-corrected chi connectivity index (χ2v) is 5.50. The van der Waals surface area contributed by atoms with Crippen molar-refractivity contribution >= 4 is 29.5 Å². The van der Waals surface area contributed by atoms with Crippen molar-refractivity contribution in [2.45, 2.75) is 17.2 Å². The molecule has 2 nitrogen and oxygen atoms in total. The summed E-state index contributed by atoms with van der Waals surface area (Å²) in [4.78, 5) is 10.8. The maximum atomic E-state index is 10.8. The highest BCUT2D eigenvalue weighted by molar-refractivity contribution is 6.53. The van der Waals surface area contributed by atoms with Gasteiger partial charge in [-0.3, -0.25) is 0 Å². The van der Waals surface area contributed by atoms with Gasteiger partial charge in [0.05, 0.1) is 17.6 Å². The molecule has 0 spiro atoms. The number of hydrogen-bond donors (Lipinski definition) is 0. The third-order valence-electron chi connectivity index (χ3n) is 2.84. The molecule has 0 aromatic heterocycles. The Labute approximate surface area is 104 Å². The average molecular weight is 254 g/mol. The second kappa shape index (κ2) is 3.76. The van der Waals surface area contributed by atoms with Crippen LogP contribution in [0.2, 0.25) is 0 Å². The molecule has 1 aromatic rings. The van der Waals surface area contributed by atoms with Crippen LogP contribution >= 0.6 is 23.2 Å². The van der Waals surface area contributed by atoms with Crippen LogP contribution in [0.5, 0.6) is 0 Å². The fourth-order valence-corrected chi connectivity index (χ4v) is 2.76. The maximum Gasteiger partial charge on any atom is 0.136 e. The van der Waals surface area contributed by atoms with Crippen molar-refractivity contribution in [3.05, 3.63) is 34.9 Å². The third kappa shape index (κ3) is 1.71. The Balaban J connectivity index is 2.40. The highest BCUT2D eigenvalue weighted by Gasteiger charge is 2.64. The van der Waals surface area contributed by atoms with Crippen LogP contribution in [0, 0.1) is 24.2 Å². The maximum absolute atomic E-state index is 10.8. The molecule has 1 aliphatic rings. The molecule has 0 heterocycles. The minimum atomic E-state index is -1.01. The Hall–Kier alpha value is -1.04. The summed E-state index contributed by atoms with van der Waals surface area (Å²) in [5.41, 5.74) is 2.39. The molecule has 1 aromatic carbocycles. The Morgan fingerprint density at radius 1 is 1.44 bits per heavy atom. The molecule has 82 valence electrons. The quantitative estimate of drug-likeness (QED) is 0.601. The van der Waals surface area contributed by atoms with Crippen LogP contribution in [0.1, 0.15) is 22.6 Å². The molecule has 0 radical (unpaired) electrons. The molecule has 0 bridgehead atoms. The van der Waals surface area contributed by atoms with Crippen LogP contribution in [0.25, 0.3) is 0 Å². The standard InChI is InChI=1S/C12H9Cl2NO/c1-7-2-8(5-15)4-9(3-7)11-10(6-16)12(11,13)14/h2-4,6,10-11H,1H3. The minimum absolute atomic E-state index is 0.194. The zero-order valence-corrected chi connectivity index (χ0v) is 10.1. The first-order valence-electron chi connectivity index (χ1n) is 4.85. The van der Waals surface area contributed by atoms with Crippen LogP contribution < -0.4 is 0 Å². The van der Waals surface area contributed by atoms with Crippen molar-refractivity contribution in [3.8, 4) is 6.07 Å². The zero-order chi connectivity index (χ0) is 11.9. The number of hydrogen-bond acceptors (Lipinski definition) is 2. The van der Waals surface area contributed by atoms with Gasteiger partial charge in [-0.1, -0.05) is 6.07 Å². The number of aryl methyl sites for hydroxylation is 1. The average Bonchev–Trinajstić information content (AvgIpc) is 2.79. The summed E-state index contributed by atoms with van der Waals surface area (Å²) in [6.45, 7) is 1.90. The molecule has 0 N–H and O–H groups in total. The van der Waals surface area contributed by atoms with Crippen LogP contribution in [0.3, 0.4) is 0 Å². The van der Waals surface area contributed by atoms with Crippen LogP contribution in [-0.4, -0.2) is 10.6 Å². The Bertz CT molecular complexity index is 490. The first-order valence-corrected chi connectivity index (χ1v) is 5.61. The summed E-state index contributed by atoms with van der Waals surface area (Å²) >= 11 is 12.0. The molecule has 2 atom stereocenters. The first-order chi connectivity index (χ1) is 7.50. The number of carbonyl (C=O) groups excluding carboxylic acids is 1. The number of halogens is 2. The van der Waals surface area contributed by atoms with Crippen molar-refractivity contribution in [2.75, 3.05) is 0 Å². The van der Waals surface area contributed by atoms with Crippen molar-refractivity contribution in [1.29, 1.82) is 5.26 Å². The molecule has 16 heavy (non-hydrogen) atoms.